The van der Waals surface area contributed by atoms with Gasteiger partial charge < -0.3 is 21.1 Å². The van der Waals surface area contributed by atoms with Crippen LogP contribution in [0.25, 0.3) is 10.9 Å². The fraction of sp³-hybridized carbons (Fsp3) is 0.308. The molecule has 1 aromatic heterocycles. The Hall–Kier alpha value is -2.17. The van der Waals surface area contributed by atoms with Gasteiger partial charge in [0, 0.05) is 34.2 Å². The molecule has 1 aromatic carbocycles. The lowest BCUT2D eigenvalue weighted by molar-refractivity contribution is 0.191. The molecule has 0 atom stereocenters. The van der Waals surface area contributed by atoms with Crippen molar-refractivity contribution in [2.24, 2.45) is 0 Å². The zero-order chi connectivity index (χ0) is 13.3. The molecule has 5 N–H and O–H groups in total. The second-order valence-corrected chi connectivity index (χ2v) is 5.07. The van der Waals surface area contributed by atoms with Gasteiger partial charge in [-0.2, -0.15) is 0 Å². The second kappa shape index (κ2) is 4.25. The molecule has 0 bridgehead atoms. The Kier molecular flexibility index (Phi) is 2.90. The molecule has 0 fully saturated rings. The van der Waals surface area contributed by atoms with Gasteiger partial charge in [0.15, 0.2) is 0 Å². The lowest BCUT2D eigenvalue weighted by Crippen LogP contribution is -2.36. The minimum absolute atomic E-state index is 0.299. The first kappa shape index (κ1) is 12.3. The molecule has 0 saturated heterocycles. The fourth-order valence-corrected chi connectivity index (χ4v) is 1.91. The molecule has 0 aliphatic carbocycles. The lowest BCUT2D eigenvalue weighted by Gasteiger charge is -2.22. The fourth-order valence-electron chi connectivity index (χ4n) is 1.91. The van der Waals surface area contributed by atoms with E-state index in [9.17, 15) is 4.79 Å². The number of H-pyrrole nitrogens is 1. The number of aromatic amines is 1. The minimum Gasteiger partial charge on any atom is -0.465 e. The Labute approximate surface area is 105 Å². The van der Waals surface area contributed by atoms with Gasteiger partial charge in [-0.15, -0.1) is 0 Å². The number of nitrogen functional groups attached to an aromatic ring is 1. The molecule has 0 spiro atoms. The minimum atomic E-state index is -1.01. The summed E-state index contributed by atoms with van der Waals surface area (Å²) in [6.45, 7) is 4.32. The summed E-state index contributed by atoms with van der Waals surface area (Å²) in [5.41, 5.74) is 8.14. The van der Waals surface area contributed by atoms with Crippen LogP contribution >= 0.6 is 0 Å². The van der Waals surface area contributed by atoms with Gasteiger partial charge in [-0.25, -0.2) is 4.79 Å². The number of carboxylic acid groups (broad SMARTS) is 1. The van der Waals surface area contributed by atoms with Gasteiger partial charge in [0.05, 0.1) is 0 Å². The SMILES string of the molecule is CC(C)(CNC(=O)O)c1cc2cc(N)ccc2[nH]1. The number of hydrogen-bond acceptors (Lipinski definition) is 2. The van der Waals surface area contributed by atoms with Crippen LogP contribution < -0.4 is 11.1 Å². The quantitative estimate of drug-likeness (QED) is 0.627. The highest BCUT2D eigenvalue weighted by Gasteiger charge is 2.23. The maximum absolute atomic E-state index is 10.6. The number of anilines is 1. The molecule has 2 rings (SSSR count). The predicted octanol–water partition coefficient (Wildman–Crippen LogP) is 2.30. The van der Waals surface area contributed by atoms with Gasteiger partial charge in [0.25, 0.3) is 0 Å². The Balaban J connectivity index is 2.32. The van der Waals surface area contributed by atoms with Crippen LogP contribution in [0.2, 0.25) is 0 Å². The van der Waals surface area contributed by atoms with Crippen LogP contribution in [-0.4, -0.2) is 22.7 Å². The third-order valence-corrected chi connectivity index (χ3v) is 3.06. The number of nitrogens with one attached hydrogen (secondary N) is 2. The average Bonchev–Trinajstić information content (AvgIpc) is 2.70. The highest BCUT2D eigenvalue weighted by molar-refractivity contribution is 5.83. The molecule has 5 nitrogen and oxygen atoms in total. The van der Waals surface area contributed by atoms with Gasteiger partial charge in [0.1, 0.15) is 0 Å². The van der Waals surface area contributed by atoms with Gasteiger partial charge in [-0.3, -0.25) is 0 Å². The summed E-state index contributed by atoms with van der Waals surface area (Å²) < 4.78 is 0. The normalized spacial score (nSPS) is 11.7. The summed E-state index contributed by atoms with van der Waals surface area (Å²) >= 11 is 0. The van der Waals surface area contributed by atoms with Gasteiger partial charge in [-0.1, -0.05) is 13.8 Å². The monoisotopic (exact) mass is 247 g/mol. The summed E-state index contributed by atoms with van der Waals surface area (Å²) in [7, 11) is 0. The van der Waals surface area contributed by atoms with Crippen LogP contribution in [0.1, 0.15) is 19.5 Å². The van der Waals surface area contributed by atoms with Crippen LogP contribution in [0.5, 0.6) is 0 Å². The number of carbonyl (C=O) groups is 1. The van der Waals surface area contributed by atoms with Crippen molar-refractivity contribution in [3.8, 4) is 0 Å². The van der Waals surface area contributed by atoms with Crippen molar-refractivity contribution in [3.05, 3.63) is 30.0 Å². The van der Waals surface area contributed by atoms with E-state index in [4.69, 9.17) is 10.8 Å². The molecule has 0 aliphatic heterocycles. The third-order valence-electron chi connectivity index (χ3n) is 3.06. The van der Waals surface area contributed by atoms with Crippen molar-refractivity contribution in [1.82, 2.24) is 10.3 Å². The van der Waals surface area contributed by atoms with E-state index in [1.165, 1.54) is 0 Å². The number of amides is 1. The van der Waals surface area contributed by atoms with Crippen LogP contribution in [-0.2, 0) is 5.41 Å². The van der Waals surface area contributed by atoms with E-state index in [1.54, 1.807) is 0 Å². The zero-order valence-corrected chi connectivity index (χ0v) is 10.4. The van der Waals surface area contributed by atoms with E-state index in [2.05, 4.69) is 10.3 Å². The van der Waals surface area contributed by atoms with E-state index >= 15 is 0 Å². The molecule has 0 unspecified atom stereocenters. The summed E-state index contributed by atoms with van der Waals surface area (Å²) in [6, 6.07) is 7.67. The van der Waals surface area contributed by atoms with E-state index in [0.717, 1.165) is 22.3 Å². The third kappa shape index (κ3) is 2.40. The zero-order valence-electron chi connectivity index (χ0n) is 10.4. The molecule has 0 saturated carbocycles. The first-order chi connectivity index (χ1) is 8.38. The number of benzene rings is 1. The molecule has 0 aliphatic rings. The van der Waals surface area contributed by atoms with Gasteiger partial charge in [0.2, 0.25) is 0 Å². The smallest absolute Gasteiger partial charge is 0.404 e. The lowest BCUT2D eigenvalue weighted by atomic mass is 9.89. The van der Waals surface area contributed by atoms with Crippen LogP contribution in [0, 0.1) is 0 Å². The molecule has 0 radical (unpaired) electrons. The molecule has 1 amide bonds. The number of hydrogen-bond donors (Lipinski definition) is 4. The topological polar surface area (TPSA) is 91.1 Å². The molecule has 18 heavy (non-hydrogen) atoms. The van der Waals surface area contributed by atoms with E-state index in [-0.39, 0.29) is 5.41 Å². The summed E-state index contributed by atoms with van der Waals surface area (Å²) in [5, 5.41) is 12.1. The first-order valence-electron chi connectivity index (χ1n) is 5.74. The second-order valence-electron chi connectivity index (χ2n) is 5.07. The van der Waals surface area contributed by atoms with E-state index < -0.39 is 6.09 Å². The van der Waals surface area contributed by atoms with Crippen molar-refractivity contribution >= 4 is 22.7 Å². The maximum atomic E-state index is 10.6. The van der Waals surface area contributed by atoms with E-state index in [0.29, 0.717) is 6.54 Å². The Morgan fingerprint density at radius 2 is 2.17 bits per heavy atom. The Morgan fingerprint density at radius 1 is 1.44 bits per heavy atom. The van der Waals surface area contributed by atoms with Crippen molar-refractivity contribution in [2.75, 3.05) is 12.3 Å². The Morgan fingerprint density at radius 3 is 2.83 bits per heavy atom. The van der Waals surface area contributed by atoms with Crippen molar-refractivity contribution in [3.63, 3.8) is 0 Å². The maximum Gasteiger partial charge on any atom is 0.404 e. The predicted molar refractivity (Wildman–Crippen MR) is 71.8 cm³/mol. The molecule has 5 heteroatoms. The number of rotatable bonds is 3. The van der Waals surface area contributed by atoms with Crippen LogP contribution in [0.4, 0.5) is 10.5 Å². The van der Waals surface area contributed by atoms with E-state index in [1.807, 2.05) is 38.1 Å². The molecule has 1 heterocycles. The standard InChI is InChI=1S/C13H17N3O2/c1-13(2,7-15-12(17)18)11-6-8-5-9(14)3-4-10(8)16-11/h3-6,15-16H,7,14H2,1-2H3,(H,17,18). The highest BCUT2D eigenvalue weighted by Crippen LogP contribution is 2.26. The summed E-state index contributed by atoms with van der Waals surface area (Å²) in [5.74, 6) is 0. The average molecular weight is 247 g/mol. The summed E-state index contributed by atoms with van der Waals surface area (Å²) in [6.07, 6.45) is -1.01. The van der Waals surface area contributed by atoms with Crippen LogP contribution in [0.3, 0.4) is 0 Å². The Bertz CT molecular complexity index is 587. The number of aromatic nitrogens is 1. The molecular formula is C13H17N3O2. The van der Waals surface area contributed by atoms with Crippen molar-refractivity contribution < 1.29 is 9.90 Å². The largest absolute Gasteiger partial charge is 0.465 e. The highest BCUT2D eigenvalue weighted by atomic mass is 16.4. The molecule has 2 aromatic rings. The molecular weight excluding hydrogens is 230 g/mol. The van der Waals surface area contributed by atoms with Crippen LogP contribution in [0.15, 0.2) is 24.3 Å². The first-order valence-corrected chi connectivity index (χ1v) is 5.74. The van der Waals surface area contributed by atoms with Crippen molar-refractivity contribution in [2.45, 2.75) is 19.3 Å². The number of fused-ring (bicyclic) bond motifs is 1. The molecule has 96 valence electrons. The number of nitrogens with two attached hydrogens (primary N) is 1. The van der Waals surface area contributed by atoms with Crippen molar-refractivity contribution in [1.29, 1.82) is 0 Å². The summed E-state index contributed by atoms with van der Waals surface area (Å²) in [4.78, 5) is 13.9. The van der Waals surface area contributed by atoms with Gasteiger partial charge in [-0.05, 0) is 24.3 Å². The van der Waals surface area contributed by atoms with Gasteiger partial charge >= 0.3 is 6.09 Å².